The lowest BCUT2D eigenvalue weighted by molar-refractivity contribution is 0.371. The molecule has 0 heterocycles. The van der Waals surface area contributed by atoms with Crippen LogP contribution in [0.3, 0.4) is 0 Å². The summed E-state index contributed by atoms with van der Waals surface area (Å²) in [6, 6.07) is 7.21. The Bertz CT molecular complexity index is 635. The molecular formula is C14H12BrF2NO2. The maximum absolute atomic E-state index is 13.5. The standard InChI is InChI=1S/C14H12BrF2NO2/c1-20-12-6-8(5-9(15)14(12)19)7-18-11-4-2-3-10(16)13(11)17/h2-6,18-19H,7H2,1H3. The third-order valence-electron chi connectivity index (χ3n) is 2.74. The Morgan fingerprint density at radius 2 is 2.05 bits per heavy atom. The zero-order chi connectivity index (χ0) is 14.7. The molecule has 2 aromatic rings. The van der Waals surface area contributed by atoms with Crippen LogP contribution in [0.2, 0.25) is 0 Å². The van der Waals surface area contributed by atoms with Gasteiger partial charge >= 0.3 is 0 Å². The zero-order valence-electron chi connectivity index (χ0n) is 10.6. The summed E-state index contributed by atoms with van der Waals surface area (Å²) in [5, 5.41) is 12.5. The van der Waals surface area contributed by atoms with Crippen LogP contribution in [-0.2, 0) is 6.54 Å². The topological polar surface area (TPSA) is 41.5 Å². The second-order valence-electron chi connectivity index (χ2n) is 4.08. The molecule has 0 unspecified atom stereocenters. The molecule has 0 bridgehead atoms. The van der Waals surface area contributed by atoms with Gasteiger partial charge in [0, 0.05) is 6.54 Å². The first-order chi connectivity index (χ1) is 9.52. The van der Waals surface area contributed by atoms with Gasteiger partial charge in [-0.1, -0.05) is 6.07 Å². The quantitative estimate of drug-likeness (QED) is 0.879. The van der Waals surface area contributed by atoms with Crippen LogP contribution in [0.15, 0.2) is 34.8 Å². The van der Waals surface area contributed by atoms with Crippen LogP contribution in [0.4, 0.5) is 14.5 Å². The summed E-state index contributed by atoms with van der Waals surface area (Å²) in [5.41, 5.74) is 0.823. The van der Waals surface area contributed by atoms with Crippen molar-refractivity contribution in [3.8, 4) is 11.5 Å². The average molecular weight is 344 g/mol. The third-order valence-corrected chi connectivity index (χ3v) is 3.35. The van der Waals surface area contributed by atoms with E-state index in [0.717, 1.165) is 11.6 Å². The van der Waals surface area contributed by atoms with Crippen molar-refractivity contribution in [3.05, 3.63) is 52.0 Å². The molecule has 3 nitrogen and oxygen atoms in total. The normalized spacial score (nSPS) is 10.4. The molecule has 0 radical (unpaired) electrons. The van der Waals surface area contributed by atoms with Crippen molar-refractivity contribution in [2.24, 2.45) is 0 Å². The van der Waals surface area contributed by atoms with E-state index < -0.39 is 11.6 Å². The molecule has 0 amide bonds. The summed E-state index contributed by atoms with van der Waals surface area (Å²) in [5.74, 6) is -1.53. The smallest absolute Gasteiger partial charge is 0.181 e. The highest BCUT2D eigenvalue weighted by Gasteiger charge is 2.10. The number of rotatable bonds is 4. The number of phenolic OH excluding ortho intramolecular Hbond substituents is 1. The van der Waals surface area contributed by atoms with E-state index in [1.165, 1.54) is 19.2 Å². The molecule has 2 rings (SSSR count). The van der Waals surface area contributed by atoms with Crippen LogP contribution in [0, 0.1) is 11.6 Å². The number of halogens is 3. The highest BCUT2D eigenvalue weighted by molar-refractivity contribution is 9.10. The van der Waals surface area contributed by atoms with E-state index in [4.69, 9.17) is 4.74 Å². The van der Waals surface area contributed by atoms with Crippen LogP contribution in [0.25, 0.3) is 0 Å². The number of hydrogen-bond donors (Lipinski definition) is 2. The van der Waals surface area contributed by atoms with Gasteiger partial charge in [-0.3, -0.25) is 0 Å². The summed E-state index contributed by atoms with van der Waals surface area (Å²) in [7, 11) is 1.44. The van der Waals surface area contributed by atoms with E-state index in [1.807, 2.05) is 0 Å². The van der Waals surface area contributed by atoms with E-state index in [9.17, 15) is 13.9 Å². The Kier molecular flexibility index (Phi) is 4.44. The van der Waals surface area contributed by atoms with Gasteiger partial charge in [-0.25, -0.2) is 8.78 Å². The van der Waals surface area contributed by atoms with Gasteiger partial charge in [0.25, 0.3) is 0 Å². The van der Waals surface area contributed by atoms with Crippen LogP contribution >= 0.6 is 15.9 Å². The number of benzene rings is 2. The van der Waals surface area contributed by atoms with Gasteiger partial charge in [0.1, 0.15) is 0 Å². The highest BCUT2D eigenvalue weighted by Crippen LogP contribution is 2.35. The third kappa shape index (κ3) is 3.01. The van der Waals surface area contributed by atoms with Crippen molar-refractivity contribution in [2.75, 3.05) is 12.4 Å². The molecule has 0 aliphatic heterocycles. The Morgan fingerprint density at radius 3 is 2.75 bits per heavy atom. The molecule has 2 aromatic carbocycles. The molecule has 0 saturated carbocycles. The highest BCUT2D eigenvalue weighted by atomic mass is 79.9. The maximum atomic E-state index is 13.5. The fourth-order valence-corrected chi connectivity index (χ4v) is 2.21. The first-order valence-corrected chi connectivity index (χ1v) is 6.55. The minimum absolute atomic E-state index is 0.00631. The van der Waals surface area contributed by atoms with Gasteiger partial charge in [0.2, 0.25) is 0 Å². The number of anilines is 1. The van der Waals surface area contributed by atoms with Gasteiger partial charge in [0.05, 0.1) is 17.3 Å². The molecule has 0 saturated heterocycles. The minimum Gasteiger partial charge on any atom is -0.503 e. The van der Waals surface area contributed by atoms with Crippen LogP contribution in [0.5, 0.6) is 11.5 Å². The molecule has 6 heteroatoms. The van der Waals surface area contributed by atoms with E-state index in [0.29, 0.717) is 10.2 Å². The molecule has 106 valence electrons. The number of phenols is 1. The fourth-order valence-electron chi connectivity index (χ4n) is 1.72. The monoisotopic (exact) mass is 343 g/mol. The second kappa shape index (κ2) is 6.09. The summed E-state index contributed by atoms with van der Waals surface area (Å²) < 4.78 is 32.0. The van der Waals surface area contributed by atoms with E-state index in [2.05, 4.69) is 21.2 Å². The van der Waals surface area contributed by atoms with Crippen molar-refractivity contribution < 1.29 is 18.6 Å². The molecule has 0 aliphatic rings. The Labute approximate surface area is 123 Å². The van der Waals surface area contributed by atoms with E-state index in [-0.39, 0.29) is 18.0 Å². The van der Waals surface area contributed by atoms with E-state index in [1.54, 1.807) is 12.1 Å². The summed E-state index contributed by atoms with van der Waals surface area (Å²) >= 11 is 3.20. The minimum atomic E-state index is -0.919. The van der Waals surface area contributed by atoms with Crippen LogP contribution in [0.1, 0.15) is 5.56 Å². The predicted octanol–water partition coefficient (Wildman–Crippen LogP) is 4.05. The lowest BCUT2D eigenvalue weighted by Gasteiger charge is -2.11. The maximum Gasteiger partial charge on any atom is 0.181 e. The zero-order valence-corrected chi connectivity index (χ0v) is 12.2. The largest absolute Gasteiger partial charge is 0.503 e. The van der Waals surface area contributed by atoms with Crippen LogP contribution < -0.4 is 10.1 Å². The number of nitrogens with one attached hydrogen (secondary N) is 1. The number of aromatic hydroxyl groups is 1. The van der Waals surface area contributed by atoms with Gasteiger partial charge in [-0.05, 0) is 45.8 Å². The van der Waals surface area contributed by atoms with Gasteiger partial charge in [0.15, 0.2) is 23.1 Å². The Balaban J connectivity index is 2.19. The van der Waals surface area contributed by atoms with Crippen molar-refractivity contribution in [3.63, 3.8) is 0 Å². The molecule has 2 N–H and O–H groups in total. The number of methoxy groups -OCH3 is 1. The van der Waals surface area contributed by atoms with Gasteiger partial charge in [-0.15, -0.1) is 0 Å². The van der Waals surface area contributed by atoms with Gasteiger partial charge < -0.3 is 15.2 Å². The van der Waals surface area contributed by atoms with Crippen molar-refractivity contribution in [1.82, 2.24) is 0 Å². The first kappa shape index (κ1) is 14.6. The van der Waals surface area contributed by atoms with E-state index >= 15 is 0 Å². The van der Waals surface area contributed by atoms with Crippen molar-refractivity contribution >= 4 is 21.6 Å². The number of hydrogen-bond acceptors (Lipinski definition) is 3. The summed E-state index contributed by atoms with van der Waals surface area (Å²) in [4.78, 5) is 0. The Morgan fingerprint density at radius 1 is 1.30 bits per heavy atom. The Hall–Kier alpha value is -1.82. The molecular weight excluding hydrogens is 332 g/mol. The fraction of sp³-hybridized carbons (Fsp3) is 0.143. The lowest BCUT2D eigenvalue weighted by Crippen LogP contribution is -2.03. The summed E-state index contributed by atoms with van der Waals surface area (Å²) in [6.07, 6.45) is 0. The molecule has 0 fully saturated rings. The predicted molar refractivity (Wildman–Crippen MR) is 76.0 cm³/mol. The summed E-state index contributed by atoms with van der Waals surface area (Å²) in [6.45, 7) is 0.260. The SMILES string of the molecule is COc1cc(CNc2cccc(F)c2F)cc(Br)c1O. The van der Waals surface area contributed by atoms with Gasteiger partial charge in [-0.2, -0.15) is 0 Å². The number of ether oxygens (including phenoxy) is 1. The lowest BCUT2D eigenvalue weighted by atomic mass is 10.2. The van der Waals surface area contributed by atoms with Crippen molar-refractivity contribution in [2.45, 2.75) is 6.54 Å². The molecule has 0 aliphatic carbocycles. The van der Waals surface area contributed by atoms with Crippen molar-refractivity contribution in [1.29, 1.82) is 0 Å². The molecule has 20 heavy (non-hydrogen) atoms. The molecule has 0 atom stereocenters. The van der Waals surface area contributed by atoms with Crippen LogP contribution in [-0.4, -0.2) is 12.2 Å². The first-order valence-electron chi connectivity index (χ1n) is 5.76. The average Bonchev–Trinajstić information content (AvgIpc) is 2.44. The second-order valence-corrected chi connectivity index (χ2v) is 4.94. The molecule has 0 aromatic heterocycles. The molecule has 0 spiro atoms.